The minimum Gasteiger partial charge on any atom is -0.423 e. The maximum Gasteiger partial charge on any atom is 0.336 e. The highest BCUT2D eigenvalue weighted by atomic mass is 16.5. The lowest BCUT2D eigenvalue weighted by molar-refractivity contribution is -0.129. The summed E-state index contributed by atoms with van der Waals surface area (Å²) in [6, 6.07) is 16.5. The Bertz CT molecular complexity index is 827. The SMILES string of the molecule is CCCCCCCCC(=O)NN=Cc1ccc(OC(=O)C=Cc2ccccc2)cc1. The van der Waals surface area contributed by atoms with Gasteiger partial charge in [0.05, 0.1) is 6.21 Å². The minimum absolute atomic E-state index is 0.0718. The second-order valence-electron chi connectivity index (χ2n) is 7.05. The summed E-state index contributed by atoms with van der Waals surface area (Å²) in [5.74, 6) is -0.0679. The Morgan fingerprint density at radius 1 is 0.900 bits per heavy atom. The van der Waals surface area contributed by atoms with E-state index in [0.29, 0.717) is 12.2 Å². The van der Waals surface area contributed by atoms with E-state index in [-0.39, 0.29) is 5.91 Å². The summed E-state index contributed by atoms with van der Waals surface area (Å²) in [5, 5.41) is 3.98. The number of esters is 1. The van der Waals surface area contributed by atoms with Gasteiger partial charge in [-0.25, -0.2) is 10.2 Å². The maximum atomic E-state index is 11.9. The smallest absolute Gasteiger partial charge is 0.336 e. The van der Waals surface area contributed by atoms with Gasteiger partial charge in [0.2, 0.25) is 5.91 Å². The molecule has 0 heterocycles. The molecule has 0 unspecified atom stereocenters. The molecule has 30 heavy (non-hydrogen) atoms. The van der Waals surface area contributed by atoms with E-state index in [0.717, 1.165) is 24.0 Å². The molecule has 0 fully saturated rings. The fourth-order valence-electron chi connectivity index (χ4n) is 2.80. The van der Waals surface area contributed by atoms with E-state index in [4.69, 9.17) is 4.74 Å². The summed E-state index contributed by atoms with van der Waals surface area (Å²) in [7, 11) is 0. The largest absolute Gasteiger partial charge is 0.423 e. The van der Waals surface area contributed by atoms with Gasteiger partial charge in [-0.3, -0.25) is 4.79 Å². The predicted molar refractivity (Wildman–Crippen MR) is 121 cm³/mol. The van der Waals surface area contributed by atoms with Gasteiger partial charge >= 0.3 is 5.97 Å². The van der Waals surface area contributed by atoms with Crippen molar-refractivity contribution in [1.29, 1.82) is 0 Å². The molecule has 2 aromatic rings. The average Bonchev–Trinajstić information content (AvgIpc) is 2.77. The fraction of sp³-hybridized carbons (Fsp3) is 0.320. The zero-order chi connectivity index (χ0) is 21.4. The standard InChI is InChI=1S/C25H30N2O3/c1-2-3-4-5-6-10-13-24(28)27-26-20-22-14-17-23(18-15-22)30-25(29)19-16-21-11-8-7-9-12-21/h7-9,11-12,14-20H,2-6,10,13H2,1H3,(H,27,28). The molecule has 0 atom stereocenters. The lowest BCUT2D eigenvalue weighted by Crippen LogP contribution is -2.16. The summed E-state index contributed by atoms with van der Waals surface area (Å²) in [5.41, 5.74) is 4.28. The highest BCUT2D eigenvalue weighted by Crippen LogP contribution is 2.12. The summed E-state index contributed by atoms with van der Waals surface area (Å²) in [4.78, 5) is 23.7. The van der Waals surface area contributed by atoms with Crippen LogP contribution in [0.2, 0.25) is 0 Å². The molecule has 5 nitrogen and oxygen atoms in total. The topological polar surface area (TPSA) is 67.8 Å². The summed E-state index contributed by atoms with van der Waals surface area (Å²) in [6.45, 7) is 2.19. The van der Waals surface area contributed by atoms with Crippen molar-refractivity contribution in [3.63, 3.8) is 0 Å². The first-order chi connectivity index (χ1) is 14.7. The number of hydrazone groups is 1. The first kappa shape index (κ1) is 23.1. The molecule has 158 valence electrons. The normalized spacial score (nSPS) is 11.1. The van der Waals surface area contributed by atoms with Gasteiger partial charge in [-0.05, 0) is 47.9 Å². The van der Waals surface area contributed by atoms with E-state index in [1.165, 1.54) is 31.8 Å². The number of unbranched alkanes of at least 4 members (excludes halogenated alkanes) is 5. The second kappa shape index (κ2) is 13.9. The van der Waals surface area contributed by atoms with Gasteiger partial charge in [0, 0.05) is 12.5 Å². The van der Waals surface area contributed by atoms with Crippen LogP contribution in [0, 0.1) is 0 Å². The van der Waals surface area contributed by atoms with Gasteiger partial charge in [0.1, 0.15) is 5.75 Å². The second-order valence-corrected chi connectivity index (χ2v) is 7.05. The molecule has 0 aromatic heterocycles. The van der Waals surface area contributed by atoms with Crippen LogP contribution in [0.25, 0.3) is 6.08 Å². The van der Waals surface area contributed by atoms with Crippen molar-refractivity contribution in [2.24, 2.45) is 5.10 Å². The lowest BCUT2D eigenvalue weighted by Gasteiger charge is -2.02. The molecule has 0 saturated carbocycles. The van der Waals surface area contributed by atoms with Crippen LogP contribution in [0.3, 0.4) is 0 Å². The first-order valence-electron chi connectivity index (χ1n) is 10.5. The molecular weight excluding hydrogens is 376 g/mol. The van der Waals surface area contributed by atoms with E-state index in [1.807, 2.05) is 30.3 Å². The quantitative estimate of drug-likeness (QED) is 0.126. The number of amides is 1. The molecule has 0 aliphatic rings. The van der Waals surface area contributed by atoms with Crippen molar-refractivity contribution < 1.29 is 14.3 Å². The van der Waals surface area contributed by atoms with Crippen molar-refractivity contribution >= 4 is 24.2 Å². The van der Waals surface area contributed by atoms with Crippen molar-refractivity contribution in [2.45, 2.75) is 51.9 Å². The first-order valence-corrected chi connectivity index (χ1v) is 10.5. The summed E-state index contributed by atoms with van der Waals surface area (Å²) in [6.07, 6.45) is 12.1. The Morgan fingerprint density at radius 2 is 1.60 bits per heavy atom. The van der Waals surface area contributed by atoms with Gasteiger partial charge in [0.15, 0.2) is 0 Å². The van der Waals surface area contributed by atoms with E-state index >= 15 is 0 Å². The van der Waals surface area contributed by atoms with E-state index in [9.17, 15) is 9.59 Å². The van der Waals surface area contributed by atoms with Crippen molar-refractivity contribution in [1.82, 2.24) is 5.43 Å². The molecule has 0 bridgehead atoms. The van der Waals surface area contributed by atoms with Crippen LogP contribution < -0.4 is 10.2 Å². The monoisotopic (exact) mass is 406 g/mol. The van der Waals surface area contributed by atoms with E-state index < -0.39 is 5.97 Å². The third-order valence-electron chi connectivity index (χ3n) is 4.47. The van der Waals surface area contributed by atoms with Crippen LogP contribution in [-0.2, 0) is 9.59 Å². The number of rotatable bonds is 12. The molecule has 5 heteroatoms. The van der Waals surface area contributed by atoms with Crippen LogP contribution >= 0.6 is 0 Å². The molecule has 1 amide bonds. The third-order valence-corrected chi connectivity index (χ3v) is 4.47. The van der Waals surface area contributed by atoms with Crippen molar-refractivity contribution in [3.8, 4) is 5.75 Å². The Hall–Kier alpha value is -3.21. The molecule has 2 aromatic carbocycles. The Balaban J connectivity index is 1.69. The molecule has 0 aliphatic heterocycles. The van der Waals surface area contributed by atoms with Gasteiger partial charge in [-0.15, -0.1) is 0 Å². The van der Waals surface area contributed by atoms with Crippen LogP contribution in [0.15, 0.2) is 65.8 Å². The molecule has 0 saturated heterocycles. The van der Waals surface area contributed by atoms with Gasteiger partial charge in [-0.1, -0.05) is 69.4 Å². The van der Waals surface area contributed by atoms with Crippen LogP contribution in [0.4, 0.5) is 0 Å². The van der Waals surface area contributed by atoms with Gasteiger partial charge < -0.3 is 4.74 Å². The Morgan fingerprint density at radius 3 is 2.33 bits per heavy atom. The zero-order valence-electron chi connectivity index (χ0n) is 17.5. The predicted octanol–water partition coefficient (Wildman–Crippen LogP) is 5.51. The summed E-state index contributed by atoms with van der Waals surface area (Å²) >= 11 is 0. The molecule has 0 radical (unpaired) electrons. The van der Waals surface area contributed by atoms with Crippen molar-refractivity contribution in [2.75, 3.05) is 0 Å². The van der Waals surface area contributed by atoms with Crippen LogP contribution in [-0.4, -0.2) is 18.1 Å². The number of carbonyl (C=O) groups is 2. The number of ether oxygens (including phenoxy) is 1. The van der Waals surface area contributed by atoms with Gasteiger partial charge in [0.25, 0.3) is 0 Å². The average molecular weight is 407 g/mol. The molecular formula is C25H30N2O3. The van der Waals surface area contributed by atoms with Gasteiger partial charge in [-0.2, -0.15) is 5.10 Å². The zero-order valence-corrected chi connectivity index (χ0v) is 17.5. The van der Waals surface area contributed by atoms with E-state index in [1.54, 1.807) is 36.6 Å². The van der Waals surface area contributed by atoms with Crippen LogP contribution in [0.1, 0.15) is 63.0 Å². The number of carbonyl (C=O) groups excluding carboxylic acids is 2. The molecule has 2 rings (SSSR count). The Kier molecular flexibility index (Phi) is 10.7. The van der Waals surface area contributed by atoms with Crippen LogP contribution in [0.5, 0.6) is 5.75 Å². The summed E-state index contributed by atoms with van der Waals surface area (Å²) < 4.78 is 5.27. The minimum atomic E-state index is -0.442. The lowest BCUT2D eigenvalue weighted by atomic mass is 10.1. The molecule has 0 aliphatic carbocycles. The highest BCUT2D eigenvalue weighted by molar-refractivity contribution is 5.89. The number of hydrogen-bond acceptors (Lipinski definition) is 4. The fourth-order valence-corrected chi connectivity index (χ4v) is 2.80. The Labute approximate surface area is 178 Å². The molecule has 0 spiro atoms. The molecule has 1 N–H and O–H groups in total. The number of benzene rings is 2. The highest BCUT2D eigenvalue weighted by Gasteiger charge is 2.01. The number of hydrogen-bond donors (Lipinski definition) is 1. The van der Waals surface area contributed by atoms with Crippen molar-refractivity contribution in [3.05, 3.63) is 71.8 Å². The third kappa shape index (κ3) is 9.82. The maximum absolute atomic E-state index is 11.9. The number of nitrogens with zero attached hydrogens (tertiary/aromatic N) is 1. The van der Waals surface area contributed by atoms with E-state index in [2.05, 4.69) is 17.5 Å². The number of nitrogens with one attached hydrogen (secondary N) is 1.